The summed E-state index contributed by atoms with van der Waals surface area (Å²) in [6, 6.07) is 16.4. The molecule has 2 amide bonds. The molecule has 4 N–H and O–H groups in total. The van der Waals surface area contributed by atoms with E-state index in [0.717, 1.165) is 60.1 Å². The molecule has 6 heteroatoms. The van der Waals surface area contributed by atoms with Crippen LogP contribution in [-0.2, 0) is 9.59 Å². The molecule has 0 radical (unpaired) electrons. The summed E-state index contributed by atoms with van der Waals surface area (Å²) in [6.07, 6.45) is 7.61. The van der Waals surface area contributed by atoms with Crippen LogP contribution in [0, 0.1) is 11.8 Å². The number of hydrogen-bond acceptors (Lipinski definition) is 4. The average Bonchev–Trinajstić information content (AvgIpc) is 3.33. The lowest BCUT2D eigenvalue weighted by Crippen LogP contribution is -2.53. The number of benzene rings is 2. The first-order valence-corrected chi connectivity index (χ1v) is 13.0. The predicted octanol–water partition coefficient (Wildman–Crippen LogP) is 5.10. The van der Waals surface area contributed by atoms with E-state index in [1.54, 1.807) is 6.92 Å². The number of thiol groups is 1. The lowest BCUT2D eigenvalue weighted by molar-refractivity contribution is -0.140. The topological polar surface area (TPSA) is 89.4 Å². The van der Waals surface area contributed by atoms with Crippen molar-refractivity contribution in [3.8, 4) is 11.1 Å². The largest absolute Gasteiger partial charge is 0.368 e. The summed E-state index contributed by atoms with van der Waals surface area (Å²) in [5.74, 6) is -0.475. The number of carbonyl (C=O) groups excluding carboxylic acids is 2. The zero-order valence-electron chi connectivity index (χ0n) is 20.1. The summed E-state index contributed by atoms with van der Waals surface area (Å²) in [7, 11) is 0. The smallest absolute Gasteiger partial charge is 0.237 e. The fourth-order valence-corrected chi connectivity index (χ4v) is 6.22. The lowest BCUT2D eigenvalue weighted by Gasteiger charge is -2.38. The van der Waals surface area contributed by atoms with Crippen LogP contribution >= 0.6 is 12.6 Å². The first-order chi connectivity index (χ1) is 16.3. The van der Waals surface area contributed by atoms with Crippen molar-refractivity contribution in [2.24, 2.45) is 23.3 Å². The quantitative estimate of drug-likeness (QED) is 0.483. The summed E-state index contributed by atoms with van der Waals surface area (Å²) in [4.78, 5) is 29.1. The average molecular weight is 480 g/mol. The molecule has 1 aliphatic carbocycles. The first kappa shape index (κ1) is 24.8. The third kappa shape index (κ3) is 5.18. The Kier molecular flexibility index (Phi) is 7.68. The number of nitrogens with two attached hydrogens (primary N) is 2. The highest BCUT2D eigenvalue weighted by atomic mass is 32.1. The van der Waals surface area contributed by atoms with E-state index in [1.165, 1.54) is 6.42 Å². The van der Waals surface area contributed by atoms with Gasteiger partial charge in [0.05, 0.1) is 11.6 Å². The molecular formula is C28H37N3O2S. The number of carbonyl (C=O) groups is 2. The molecule has 3 atom stereocenters. The van der Waals surface area contributed by atoms with Crippen LogP contribution in [0.25, 0.3) is 11.1 Å². The molecule has 0 spiro atoms. The molecule has 1 heterocycles. The second-order valence-electron chi connectivity index (χ2n) is 10.3. The Morgan fingerprint density at radius 2 is 1.74 bits per heavy atom. The SMILES string of the molecule is CC(N)(C[C@H](C(=O)N1CCC[C@H]1c1cccc(-c2ccccc2)c1S)C1CCCCC1)C(N)=O. The summed E-state index contributed by atoms with van der Waals surface area (Å²) in [6.45, 7) is 2.38. The van der Waals surface area contributed by atoms with Gasteiger partial charge in [-0.1, -0.05) is 67.8 Å². The van der Waals surface area contributed by atoms with Crippen LogP contribution in [0.15, 0.2) is 53.4 Å². The van der Waals surface area contributed by atoms with Gasteiger partial charge in [-0.15, -0.1) is 12.6 Å². The molecule has 1 saturated carbocycles. The van der Waals surface area contributed by atoms with E-state index >= 15 is 0 Å². The highest BCUT2D eigenvalue weighted by Crippen LogP contribution is 2.42. The number of likely N-dealkylation sites (tertiary alicyclic amines) is 1. The van der Waals surface area contributed by atoms with Crippen molar-refractivity contribution >= 4 is 24.4 Å². The summed E-state index contributed by atoms with van der Waals surface area (Å²) in [5, 5.41) is 0. The Morgan fingerprint density at radius 3 is 2.41 bits per heavy atom. The first-order valence-electron chi connectivity index (χ1n) is 12.6. The number of hydrogen-bond donors (Lipinski definition) is 3. The van der Waals surface area contributed by atoms with Crippen LogP contribution in [-0.4, -0.2) is 28.8 Å². The maximum Gasteiger partial charge on any atom is 0.237 e. The predicted molar refractivity (Wildman–Crippen MR) is 139 cm³/mol. The minimum atomic E-state index is -1.20. The zero-order valence-corrected chi connectivity index (χ0v) is 21.0. The molecule has 0 aromatic heterocycles. The normalized spacial score (nSPS) is 21.7. The number of rotatable bonds is 7. The maximum absolute atomic E-state index is 14.1. The molecule has 2 aromatic rings. The second-order valence-corrected chi connectivity index (χ2v) is 10.7. The molecule has 182 valence electrons. The number of amides is 2. The third-order valence-corrected chi connectivity index (χ3v) is 8.29. The second kappa shape index (κ2) is 10.5. The van der Waals surface area contributed by atoms with Gasteiger partial charge in [-0.2, -0.15) is 0 Å². The molecule has 2 aromatic carbocycles. The van der Waals surface area contributed by atoms with Gasteiger partial charge in [0.15, 0.2) is 0 Å². The van der Waals surface area contributed by atoms with Gasteiger partial charge < -0.3 is 16.4 Å². The van der Waals surface area contributed by atoms with Gasteiger partial charge in [-0.05, 0) is 61.6 Å². The van der Waals surface area contributed by atoms with Crippen LogP contribution in [0.2, 0.25) is 0 Å². The fraction of sp³-hybridized carbons (Fsp3) is 0.500. The van der Waals surface area contributed by atoms with E-state index in [2.05, 4.69) is 30.3 Å². The van der Waals surface area contributed by atoms with Crippen LogP contribution in [0.4, 0.5) is 0 Å². The molecular weight excluding hydrogens is 442 g/mol. The Bertz CT molecular complexity index is 1020. The Morgan fingerprint density at radius 1 is 1.03 bits per heavy atom. The van der Waals surface area contributed by atoms with E-state index in [9.17, 15) is 9.59 Å². The highest BCUT2D eigenvalue weighted by Gasteiger charge is 2.42. The minimum Gasteiger partial charge on any atom is -0.368 e. The van der Waals surface area contributed by atoms with Crippen molar-refractivity contribution in [2.75, 3.05) is 6.54 Å². The molecule has 0 bridgehead atoms. The molecule has 1 saturated heterocycles. The van der Waals surface area contributed by atoms with Gasteiger partial charge in [-0.3, -0.25) is 9.59 Å². The standard InChI is InChI=1S/C28H37N3O2S/c1-28(30,27(29)33)18-23(20-12-6-3-7-13-20)26(32)31-17-9-16-24(31)22-15-8-14-21(25(22)34)19-10-4-2-5-11-19/h2,4-5,8,10-11,14-15,20,23-24,34H,3,6-7,9,12-13,16-18,30H2,1H3,(H2,29,33)/t23-,24-,28?/m0/s1. The number of nitrogens with zero attached hydrogens (tertiary/aromatic N) is 1. The summed E-state index contributed by atoms with van der Waals surface area (Å²) >= 11 is 4.94. The molecule has 5 nitrogen and oxygen atoms in total. The van der Waals surface area contributed by atoms with Crippen molar-refractivity contribution in [3.63, 3.8) is 0 Å². The van der Waals surface area contributed by atoms with Gasteiger partial charge in [0.2, 0.25) is 11.8 Å². The third-order valence-electron chi connectivity index (χ3n) is 7.79. The number of primary amides is 1. The van der Waals surface area contributed by atoms with Crippen molar-refractivity contribution in [1.29, 1.82) is 0 Å². The highest BCUT2D eigenvalue weighted by molar-refractivity contribution is 7.80. The fourth-order valence-electron chi connectivity index (χ4n) is 5.80. The molecule has 34 heavy (non-hydrogen) atoms. The van der Waals surface area contributed by atoms with E-state index < -0.39 is 11.4 Å². The van der Waals surface area contributed by atoms with Crippen LogP contribution in [0.5, 0.6) is 0 Å². The lowest BCUT2D eigenvalue weighted by atomic mass is 9.74. The molecule has 2 fully saturated rings. The Hall–Kier alpha value is -2.31. The maximum atomic E-state index is 14.1. The van der Waals surface area contributed by atoms with E-state index in [1.807, 2.05) is 23.1 Å². The Labute approximate surface area is 208 Å². The van der Waals surface area contributed by atoms with Gasteiger partial charge >= 0.3 is 0 Å². The van der Waals surface area contributed by atoms with Gasteiger partial charge in [0.1, 0.15) is 0 Å². The van der Waals surface area contributed by atoms with Crippen LogP contribution in [0.1, 0.15) is 69.9 Å². The van der Waals surface area contributed by atoms with Gasteiger partial charge in [0.25, 0.3) is 0 Å². The summed E-state index contributed by atoms with van der Waals surface area (Å²) < 4.78 is 0. The van der Waals surface area contributed by atoms with E-state index in [0.29, 0.717) is 13.0 Å². The molecule has 1 unspecified atom stereocenters. The van der Waals surface area contributed by atoms with Crippen LogP contribution in [0.3, 0.4) is 0 Å². The molecule has 1 aliphatic heterocycles. The minimum absolute atomic E-state index is 0.0210. The summed E-state index contributed by atoms with van der Waals surface area (Å²) in [5.41, 5.74) is 14.0. The van der Waals surface area contributed by atoms with Crippen molar-refractivity contribution in [3.05, 3.63) is 54.1 Å². The van der Waals surface area contributed by atoms with E-state index in [4.69, 9.17) is 24.1 Å². The van der Waals surface area contributed by atoms with Gasteiger partial charge in [-0.25, -0.2) is 0 Å². The van der Waals surface area contributed by atoms with Crippen molar-refractivity contribution in [2.45, 2.75) is 74.8 Å². The van der Waals surface area contributed by atoms with Crippen LogP contribution < -0.4 is 11.5 Å². The van der Waals surface area contributed by atoms with E-state index in [-0.39, 0.29) is 23.8 Å². The monoisotopic (exact) mass is 479 g/mol. The zero-order chi connectivity index (χ0) is 24.3. The van der Waals surface area contributed by atoms with Crippen molar-refractivity contribution in [1.82, 2.24) is 4.90 Å². The Balaban J connectivity index is 1.64. The van der Waals surface area contributed by atoms with Crippen molar-refractivity contribution < 1.29 is 9.59 Å². The molecule has 4 rings (SSSR count). The molecule has 2 aliphatic rings. The van der Waals surface area contributed by atoms with Gasteiger partial charge in [0, 0.05) is 17.4 Å².